The summed E-state index contributed by atoms with van der Waals surface area (Å²) in [5.41, 5.74) is 0. The van der Waals surface area contributed by atoms with Crippen LogP contribution in [0.1, 0.15) is 32.1 Å². The van der Waals surface area contributed by atoms with Crippen molar-refractivity contribution in [3.05, 3.63) is 12.4 Å². The molecule has 1 aliphatic rings. The van der Waals surface area contributed by atoms with Crippen LogP contribution in [0.25, 0.3) is 0 Å². The molecule has 1 saturated carbocycles. The highest BCUT2D eigenvalue weighted by Gasteiger charge is 2.22. The Labute approximate surface area is 113 Å². The van der Waals surface area contributed by atoms with Crippen molar-refractivity contribution in [1.82, 2.24) is 9.97 Å². The average Bonchev–Trinajstić information content (AvgIpc) is 2.46. The van der Waals surface area contributed by atoms with E-state index >= 15 is 0 Å². The van der Waals surface area contributed by atoms with Gasteiger partial charge in [0.2, 0.25) is 0 Å². The van der Waals surface area contributed by atoms with E-state index in [0.29, 0.717) is 12.6 Å². The van der Waals surface area contributed by atoms with Gasteiger partial charge in [0.1, 0.15) is 17.2 Å². The summed E-state index contributed by atoms with van der Waals surface area (Å²) in [6, 6.07) is 2.55. The van der Waals surface area contributed by atoms with Crippen LogP contribution in [0.5, 0.6) is 0 Å². The van der Waals surface area contributed by atoms with E-state index in [0.717, 1.165) is 10.8 Å². The third-order valence-electron chi connectivity index (χ3n) is 3.49. The predicted octanol–water partition coefficient (Wildman–Crippen LogP) is 2.33. The van der Waals surface area contributed by atoms with E-state index in [9.17, 15) is 5.11 Å². The molecule has 0 atom stereocenters. The van der Waals surface area contributed by atoms with E-state index in [-0.39, 0.29) is 6.61 Å². The summed E-state index contributed by atoms with van der Waals surface area (Å²) >= 11 is 1.62. The van der Waals surface area contributed by atoms with Crippen molar-refractivity contribution in [1.29, 1.82) is 0 Å². The van der Waals surface area contributed by atoms with Crippen LogP contribution in [0.4, 0.5) is 5.82 Å². The molecule has 0 amide bonds. The highest BCUT2D eigenvalue weighted by Crippen LogP contribution is 2.27. The van der Waals surface area contributed by atoms with Gasteiger partial charge in [0.15, 0.2) is 0 Å². The summed E-state index contributed by atoms with van der Waals surface area (Å²) in [7, 11) is 0. The molecular formula is C13H21N3OS. The molecule has 0 aliphatic heterocycles. The molecule has 1 heterocycles. The second kappa shape index (κ2) is 6.95. The molecule has 0 bridgehead atoms. The second-order valence-corrected chi connectivity index (χ2v) is 5.45. The van der Waals surface area contributed by atoms with Gasteiger partial charge in [-0.1, -0.05) is 19.3 Å². The van der Waals surface area contributed by atoms with E-state index in [4.69, 9.17) is 0 Å². The van der Waals surface area contributed by atoms with Crippen LogP contribution in [0.3, 0.4) is 0 Å². The van der Waals surface area contributed by atoms with Gasteiger partial charge in [-0.25, -0.2) is 9.97 Å². The summed E-state index contributed by atoms with van der Waals surface area (Å²) in [5.74, 6) is 0.954. The number of anilines is 1. The quantitative estimate of drug-likeness (QED) is 0.655. The molecule has 1 aromatic rings. The zero-order valence-corrected chi connectivity index (χ0v) is 11.7. The molecular weight excluding hydrogens is 246 g/mol. The molecule has 1 N–H and O–H groups in total. The zero-order valence-electron chi connectivity index (χ0n) is 10.9. The Balaban J connectivity index is 2.16. The van der Waals surface area contributed by atoms with E-state index < -0.39 is 0 Å². The second-order valence-electron chi connectivity index (χ2n) is 4.63. The first kappa shape index (κ1) is 13.6. The fraction of sp³-hybridized carbons (Fsp3) is 0.692. The van der Waals surface area contributed by atoms with Gasteiger partial charge in [-0.3, -0.25) is 0 Å². The molecule has 5 heteroatoms. The highest BCUT2D eigenvalue weighted by atomic mass is 32.2. The van der Waals surface area contributed by atoms with Crippen LogP contribution in [0, 0.1) is 0 Å². The monoisotopic (exact) mass is 267 g/mol. The van der Waals surface area contributed by atoms with Gasteiger partial charge in [0.25, 0.3) is 0 Å². The fourth-order valence-corrected chi connectivity index (χ4v) is 2.96. The Bertz CT molecular complexity index is 369. The van der Waals surface area contributed by atoms with Crippen molar-refractivity contribution in [2.45, 2.75) is 43.2 Å². The highest BCUT2D eigenvalue weighted by molar-refractivity contribution is 7.98. The maximum absolute atomic E-state index is 9.26. The average molecular weight is 267 g/mol. The smallest absolute Gasteiger partial charge is 0.133 e. The third-order valence-corrected chi connectivity index (χ3v) is 4.13. The minimum Gasteiger partial charge on any atom is -0.395 e. The number of hydrogen-bond donors (Lipinski definition) is 1. The molecule has 0 unspecified atom stereocenters. The molecule has 0 spiro atoms. The normalized spacial score (nSPS) is 16.8. The van der Waals surface area contributed by atoms with E-state index in [1.165, 1.54) is 32.1 Å². The number of thioether (sulfide) groups is 1. The minimum absolute atomic E-state index is 0.176. The first-order chi connectivity index (χ1) is 8.85. The van der Waals surface area contributed by atoms with Crippen molar-refractivity contribution in [3.8, 4) is 0 Å². The third kappa shape index (κ3) is 3.36. The Kier molecular flexibility index (Phi) is 5.26. The molecule has 0 radical (unpaired) electrons. The standard InChI is InChI=1S/C13H21N3OS/c1-18-13-9-12(14-10-15-13)16(7-8-17)11-5-3-2-4-6-11/h9-11,17H,2-8H2,1H3. The van der Waals surface area contributed by atoms with Gasteiger partial charge < -0.3 is 10.0 Å². The number of hydrogen-bond acceptors (Lipinski definition) is 5. The number of nitrogens with zero attached hydrogens (tertiary/aromatic N) is 3. The molecule has 1 aromatic heterocycles. The van der Waals surface area contributed by atoms with E-state index in [1.807, 2.05) is 12.3 Å². The van der Waals surface area contributed by atoms with Gasteiger partial charge in [-0.05, 0) is 19.1 Å². The van der Waals surface area contributed by atoms with Gasteiger partial charge in [0.05, 0.1) is 6.61 Å². The van der Waals surface area contributed by atoms with Gasteiger partial charge in [-0.2, -0.15) is 0 Å². The van der Waals surface area contributed by atoms with Gasteiger partial charge >= 0.3 is 0 Å². The molecule has 18 heavy (non-hydrogen) atoms. The Morgan fingerprint density at radius 2 is 2.11 bits per heavy atom. The maximum atomic E-state index is 9.26. The van der Waals surface area contributed by atoms with Crippen molar-refractivity contribution in [2.75, 3.05) is 24.3 Å². The Hall–Kier alpha value is -0.810. The van der Waals surface area contributed by atoms with Crippen LogP contribution < -0.4 is 4.90 Å². The molecule has 2 rings (SSSR count). The first-order valence-electron chi connectivity index (χ1n) is 6.58. The lowest BCUT2D eigenvalue weighted by molar-refractivity contribution is 0.289. The summed E-state index contributed by atoms with van der Waals surface area (Å²) < 4.78 is 0. The Morgan fingerprint density at radius 1 is 1.33 bits per heavy atom. The molecule has 0 aromatic carbocycles. The molecule has 1 aliphatic carbocycles. The zero-order chi connectivity index (χ0) is 12.8. The van der Waals surface area contributed by atoms with Crippen molar-refractivity contribution in [2.24, 2.45) is 0 Å². The van der Waals surface area contributed by atoms with E-state index in [1.54, 1.807) is 18.1 Å². The number of aromatic nitrogens is 2. The SMILES string of the molecule is CSc1cc(N(CCO)C2CCCCC2)ncn1. The largest absolute Gasteiger partial charge is 0.395 e. The minimum atomic E-state index is 0.176. The number of aliphatic hydroxyl groups excluding tert-OH is 1. The van der Waals surface area contributed by atoms with Crippen LogP contribution in [0.15, 0.2) is 17.4 Å². The molecule has 1 fully saturated rings. The summed E-state index contributed by atoms with van der Waals surface area (Å²) in [6.07, 6.45) is 9.96. The number of aliphatic hydroxyl groups is 1. The summed E-state index contributed by atoms with van der Waals surface area (Å²) in [5, 5.41) is 10.2. The van der Waals surface area contributed by atoms with Crippen molar-refractivity contribution < 1.29 is 5.11 Å². The predicted molar refractivity (Wildman–Crippen MR) is 75.1 cm³/mol. The Morgan fingerprint density at radius 3 is 2.78 bits per heavy atom. The van der Waals surface area contributed by atoms with Crippen LogP contribution in [-0.2, 0) is 0 Å². The van der Waals surface area contributed by atoms with Gasteiger partial charge in [0, 0.05) is 18.7 Å². The van der Waals surface area contributed by atoms with E-state index in [2.05, 4.69) is 14.9 Å². The van der Waals surface area contributed by atoms with Gasteiger partial charge in [-0.15, -0.1) is 11.8 Å². The van der Waals surface area contributed by atoms with Crippen molar-refractivity contribution >= 4 is 17.6 Å². The van der Waals surface area contributed by atoms with Crippen LogP contribution in [0.2, 0.25) is 0 Å². The summed E-state index contributed by atoms with van der Waals surface area (Å²) in [6.45, 7) is 0.838. The molecule has 0 saturated heterocycles. The maximum Gasteiger partial charge on any atom is 0.133 e. The summed E-state index contributed by atoms with van der Waals surface area (Å²) in [4.78, 5) is 10.8. The lowest BCUT2D eigenvalue weighted by atomic mass is 9.94. The van der Waals surface area contributed by atoms with Crippen molar-refractivity contribution in [3.63, 3.8) is 0 Å². The first-order valence-corrected chi connectivity index (χ1v) is 7.81. The van der Waals surface area contributed by atoms with Crippen LogP contribution in [-0.4, -0.2) is 40.5 Å². The molecule has 100 valence electrons. The molecule has 4 nitrogen and oxygen atoms in total. The topological polar surface area (TPSA) is 49.2 Å². The van der Waals surface area contributed by atoms with Crippen LogP contribution >= 0.6 is 11.8 Å². The lowest BCUT2D eigenvalue weighted by Crippen LogP contribution is -2.39. The lowest BCUT2D eigenvalue weighted by Gasteiger charge is -2.34. The fourth-order valence-electron chi connectivity index (χ4n) is 2.58. The number of rotatable bonds is 5.